The number of thiophene rings is 1. The maximum atomic E-state index is 12.9. The van der Waals surface area contributed by atoms with Crippen LogP contribution >= 0.6 is 11.3 Å². The van der Waals surface area contributed by atoms with Crippen LogP contribution in [0.3, 0.4) is 0 Å². The van der Waals surface area contributed by atoms with E-state index >= 15 is 0 Å². The van der Waals surface area contributed by atoms with Gasteiger partial charge in [-0.05, 0) is 50.1 Å². The highest BCUT2D eigenvalue weighted by Crippen LogP contribution is 2.38. The molecule has 0 unspecified atom stereocenters. The third-order valence-electron chi connectivity index (χ3n) is 4.82. The number of carbonyl (C=O) groups excluding carboxylic acids is 2. The van der Waals surface area contributed by atoms with Crippen LogP contribution in [0.4, 0.5) is 5.00 Å². The Kier molecular flexibility index (Phi) is 6.97. The molecule has 0 radical (unpaired) electrons. The summed E-state index contributed by atoms with van der Waals surface area (Å²) in [5.41, 5.74) is 4.58. The average molecular weight is 440 g/mol. The fraction of sp³-hybridized carbons (Fsp3) is 0.250. The summed E-state index contributed by atoms with van der Waals surface area (Å²) in [4.78, 5) is 25.7. The van der Waals surface area contributed by atoms with Gasteiger partial charge in [0.2, 0.25) is 0 Å². The van der Waals surface area contributed by atoms with Gasteiger partial charge in [0, 0.05) is 16.5 Å². The zero-order chi connectivity index (χ0) is 22.5. The molecule has 0 aliphatic heterocycles. The molecule has 1 aromatic heterocycles. The highest BCUT2D eigenvalue weighted by molar-refractivity contribution is 7.15. The van der Waals surface area contributed by atoms with Gasteiger partial charge in [-0.25, -0.2) is 4.79 Å². The summed E-state index contributed by atoms with van der Waals surface area (Å²) in [5, 5.41) is 5.17. The van der Waals surface area contributed by atoms with Gasteiger partial charge in [-0.2, -0.15) is 0 Å². The molecule has 0 fully saturated rings. The Bertz CT molecular complexity index is 1120. The van der Waals surface area contributed by atoms with Crippen LogP contribution in [0.25, 0.3) is 11.1 Å². The maximum absolute atomic E-state index is 12.9. The highest BCUT2D eigenvalue weighted by Gasteiger charge is 2.24. The predicted molar refractivity (Wildman–Crippen MR) is 123 cm³/mol. The van der Waals surface area contributed by atoms with Gasteiger partial charge in [-0.3, -0.25) is 4.79 Å². The van der Waals surface area contributed by atoms with Gasteiger partial charge >= 0.3 is 5.97 Å². The zero-order valence-electron chi connectivity index (χ0n) is 18.2. The Morgan fingerprint density at radius 2 is 1.71 bits per heavy atom. The number of aryl methyl sites for hydroxylation is 2. The van der Waals surface area contributed by atoms with E-state index in [1.54, 1.807) is 25.1 Å². The number of carbonyl (C=O) groups is 2. The average Bonchev–Trinajstić information content (AvgIpc) is 3.16. The number of nitrogens with one attached hydrogen (secondary N) is 1. The van der Waals surface area contributed by atoms with Crippen LogP contribution in [-0.2, 0) is 4.74 Å². The van der Waals surface area contributed by atoms with Crippen molar-refractivity contribution in [2.75, 3.05) is 26.1 Å². The van der Waals surface area contributed by atoms with E-state index in [9.17, 15) is 9.59 Å². The molecule has 2 aromatic carbocycles. The molecule has 162 valence electrons. The summed E-state index contributed by atoms with van der Waals surface area (Å²) in [5.74, 6) is 0.143. The lowest BCUT2D eigenvalue weighted by atomic mass is 9.97. The van der Waals surface area contributed by atoms with Crippen molar-refractivity contribution >= 4 is 28.2 Å². The van der Waals surface area contributed by atoms with Crippen LogP contribution in [0, 0.1) is 13.8 Å². The van der Waals surface area contributed by atoms with Crippen molar-refractivity contribution in [2.24, 2.45) is 0 Å². The van der Waals surface area contributed by atoms with Gasteiger partial charge in [0.15, 0.2) is 11.5 Å². The molecule has 0 aliphatic carbocycles. The number of methoxy groups -OCH3 is 2. The minimum Gasteiger partial charge on any atom is -0.493 e. The van der Waals surface area contributed by atoms with Crippen molar-refractivity contribution in [3.63, 3.8) is 0 Å². The molecule has 0 saturated carbocycles. The molecule has 0 bridgehead atoms. The standard InChI is InChI=1S/C24H25NO5S/c1-6-30-24(27)21-18(17-9-7-14(2)11-15(17)3)13-31-23(21)25-22(26)16-8-10-19(28-4)20(12-16)29-5/h7-13H,6H2,1-5H3,(H,25,26). The van der Waals surface area contributed by atoms with Crippen molar-refractivity contribution in [3.8, 4) is 22.6 Å². The molecule has 7 heteroatoms. The first kappa shape index (κ1) is 22.4. The van der Waals surface area contributed by atoms with Crippen molar-refractivity contribution in [3.05, 3.63) is 64.0 Å². The minimum atomic E-state index is -0.471. The van der Waals surface area contributed by atoms with Crippen molar-refractivity contribution in [2.45, 2.75) is 20.8 Å². The fourth-order valence-electron chi connectivity index (χ4n) is 3.32. The molecule has 0 spiro atoms. The third kappa shape index (κ3) is 4.72. The number of benzene rings is 2. The van der Waals surface area contributed by atoms with Crippen LogP contribution < -0.4 is 14.8 Å². The molecule has 6 nitrogen and oxygen atoms in total. The topological polar surface area (TPSA) is 73.9 Å². The Labute approximate surface area is 185 Å². The molecule has 0 atom stereocenters. The Morgan fingerprint density at radius 1 is 0.968 bits per heavy atom. The number of esters is 1. The number of ether oxygens (including phenoxy) is 3. The van der Waals surface area contributed by atoms with E-state index < -0.39 is 5.97 Å². The van der Waals surface area contributed by atoms with Crippen LogP contribution in [-0.4, -0.2) is 32.7 Å². The van der Waals surface area contributed by atoms with Crippen LogP contribution in [0.5, 0.6) is 11.5 Å². The normalized spacial score (nSPS) is 10.5. The molecule has 3 aromatic rings. The number of hydrogen-bond donors (Lipinski definition) is 1. The van der Waals surface area contributed by atoms with Gasteiger partial charge in [0.25, 0.3) is 5.91 Å². The summed E-state index contributed by atoms with van der Waals surface area (Å²) in [7, 11) is 3.04. The van der Waals surface area contributed by atoms with Crippen molar-refractivity contribution < 1.29 is 23.8 Å². The molecule has 0 saturated heterocycles. The lowest BCUT2D eigenvalue weighted by molar-refractivity contribution is 0.0529. The molecular formula is C24H25NO5S. The van der Waals surface area contributed by atoms with Gasteiger partial charge in [-0.15, -0.1) is 11.3 Å². The minimum absolute atomic E-state index is 0.240. The maximum Gasteiger partial charge on any atom is 0.341 e. The monoisotopic (exact) mass is 439 g/mol. The van der Waals surface area contributed by atoms with Gasteiger partial charge in [0.05, 0.1) is 20.8 Å². The van der Waals surface area contributed by atoms with Gasteiger partial charge < -0.3 is 19.5 Å². The Hall–Kier alpha value is -3.32. The van der Waals surface area contributed by atoms with Crippen LogP contribution in [0.2, 0.25) is 0 Å². The zero-order valence-corrected chi connectivity index (χ0v) is 19.0. The Balaban J connectivity index is 2.00. The van der Waals surface area contributed by atoms with Crippen LogP contribution in [0.15, 0.2) is 41.8 Å². The first-order valence-electron chi connectivity index (χ1n) is 9.79. The second kappa shape index (κ2) is 9.66. The molecular weight excluding hydrogens is 414 g/mol. The van der Waals surface area contributed by atoms with E-state index in [0.29, 0.717) is 27.6 Å². The number of anilines is 1. The summed E-state index contributed by atoms with van der Waals surface area (Å²) < 4.78 is 15.8. The van der Waals surface area contributed by atoms with E-state index in [4.69, 9.17) is 14.2 Å². The molecule has 0 aliphatic rings. The molecule has 1 N–H and O–H groups in total. The summed E-state index contributed by atoms with van der Waals surface area (Å²) in [6.07, 6.45) is 0. The summed E-state index contributed by atoms with van der Waals surface area (Å²) in [6.45, 7) is 6.01. The second-order valence-electron chi connectivity index (χ2n) is 6.92. The SMILES string of the molecule is CCOC(=O)c1c(-c2ccc(C)cc2C)csc1NC(=O)c1ccc(OC)c(OC)c1. The number of hydrogen-bond acceptors (Lipinski definition) is 6. The first-order chi connectivity index (χ1) is 14.9. The largest absolute Gasteiger partial charge is 0.493 e. The quantitative estimate of drug-likeness (QED) is 0.494. The van der Waals surface area contributed by atoms with E-state index in [0.717, 1.165) is 22.3 Å². The lowest BCUT2D eigenvalue weighted by Crippen LogP contribution is -2.15. The van der Waals surface area contributed by atoms with E-state index in [1.165, 1.54) is 25.6 Å². The van der Waals surface area contributed by atoms with Crippen molar-refractivity contribution in [1.29, 1.82) is 0 Å². The first-order valence-corrected chi connectivity index (χ1v) is 10.7. The smallest absolute Gasteiger partial charge is 0.341 e. The third-order valence-corrected chi connectivity index (χ3v) is 5.71. The second-order valence-corrected chi connectivity index (χ2v) is 7.80. The van der Waals surface area contributed by atoms with E-state index in [2.05, 4.69) is 11.4 Å². The molecule has 1 heterocycles. The van der Waals surface area contributed by atoms with Gasteiger partial charge in [-0.1, -0.05) is 23.8 Å². The summed E-state index contributed by atoms with van der Waals surface area (Å²) in [6, 6.07) is 10.9. The van der Waals surface area contributed by atoms with E-state index in [1.807, 2.05) is 31.4 Å². The molecule has 1 amide bonds. The molecule has 3 rings (SSSR count). The van der Waals surface area contributed by atoms with Crippen LogP contribution in [0.1, 0.15) is 38.8 Å². The Morgan fingerprint density at radius 3 is 2.35 bits per heavy atom. The van der Waals surface area contributed by atoms with E-state index in [-0.39, 0.29) is 12.5 Å². The number of rotatable bonds is 7. The lowest BCUT2D eigenvalue weighted by Gasteiger charge is -2.12. The van der Waals surface area contributed by atoms with Gasteiger partial charge in [0.1, 0.15) is 10.6 Å². The van der Waals surface area contributed by atoms with Crippen molar-refractivity contribution in [1.82, 2.24) is 0 Å². The summed E-state index contributed by atoms with van der Waals surface area (Å²) >= 11 is 1.29. The predicted octanol–water partition coefficient (Wildman–Crippen LogP) is 5.48. The fourth-order valence-corrected chi connectivity index (χ4v) is 4.27. The highest BCUT2D eigenvalue weighted by atomic mass is 32.1. The molecule has 31 heavy (non-hydrogen) atoms. The number of amides is 1.